The Labute approximate surface area is 125 Å². The summed E-state index contributed by atoms with van der Waals surface area (Å²) in [6.07, 6.45) is 0. The number of benzene rings is 2. The zero-order valence-corrected chi connectivity index (χ0v) is 12.5. The van der Waals surface area contributed by atoms with Crippen molar-refractivity contribution in [3.05, 3.63) is 59.4 Å². The summed E-state index contributed by atoms with van der Waals surface area (Å²) in [6.45, 7) is 4.24. The number of halogens is 1. The lowest BCUT2D eigenvalue weighted by atomic mass is 10.1. The van der Waals surface area contributed by atoms with Gasteiger partial charge >= 0.3 is 0 Å². The van der Waals surface area contributed by atoms with Crippen LogP contribution < -0.4 is 10.5 Å². The Balaban J connectivity index is 2.06. The average Bonchev–Trinajstić information content (AvgIpc) is 2.50. The van der Waals surface area contributed by atoms with Crippen LogP contribution >= 0.6 is 0 Å². The van der Waals surface area contributed by atoms with Gasteiger partial charge in [-0.1, -0.05) is 25.1 Å². The third kappa shape index (κ3) is 4.20. The standard InChI is InChI=1S/C17H21FN2O/c1-3-20(11-13-4-7-15(19)8-5-13)12-14-6-9-16(21-2)10-17(14)18/h4-10H,3,11-12,19H2,1-2H3. The van der Waals surface area contributed by atoms with E-state index in [4.69, 9.17) is 10.5 Å². The summed E-state index contributed by atoms with van der Waals surface area (Å²) in [6, 6.07) is 12.8. The van der Waals surface area contributed by atoms with Crippen molar-refractivity contribution in [2.45, 2.75) is 20.0 Å². The van der Waals surface area contributed by atoms with Crippen molar-refractivity contribution in [2.24, 2.45) is 0 Å². The molecule has 0 heterocycles. The molecule has 0 aromatic heterocycles. The Kier molecular flexibility index (Phi) is 5.17. The predicted octanol–water partition coefficient (Wildman–Crippen LogP) is 3.44. The fourth-order valence-electron chi connectivity index (χ4n) is 2.18. The first-order valence-corrected chi connectivity index (χ1v) is 7.01. The summed E-state index contributed by atoms with van der Waals surface area (Å²) in [5.74, 6) is 0.308. The molecule has 0 unspecified atom stereocenters. The third-order valence-corrected chi connectivity index (χ3v) is 3.49. The second-order valence-electron chi connectivity index (χ2n) is 5.00. The first kappa shape index (κ1) is 15.3. The molecule has 0 fully saturated rings. The molecule has 112 valence electrons. The summed E-state index contributed by atoms with van der Waals surface area (Å²) in [5, 5.41) is 0. The minimum absolute atomic E-state index is 0.231. The highest BCUT2D eigenvalue weighted by Crippen LogP contribution is 2.19. The van der Waals surface area contributed by atoms with Gasteiger partial charge in [-0.2, -0.15) is 0 Å². The minimum atomic E-state index is -0.231. The van der Waals surface area contributed by atoms with Crippen molar-refractivity contribution >= 4 is 5.69 Å². The molecule has 0 saturated carbocycles. The van der Waals surface area contributed by atoms with Crippen LogP contribution in [0.1, 0.15) is 18.1 Å². The van der Waals surface area contributed by atoms with Gasteiger partial charge in [-0.25, -0.2) is 4.39 Å². The summed E-state index contributed by atoms with van der Waals surface area (Å²) < 4.78 is 19.0. The lowest BCUT2D eigenvalue weighted by Gasteiger charge is -2.21. The molecule has 0 radical (unpaired) electrons. The molecule has 2 rings (SSSR count). The summed E-state index contributed by atoms with van der Waals surface area (Å²) in [4.78, 5) is 2.18. The van der Waals surface area contributed by atoms with E-state index in [1.54, 1.807) is 12.1 Å². The maximum atomic E-state index is 14.0. The van der Waals surface area contributed by atoms with E-state index in [1.807, 2.05) is 24.3 Å². The Morgan fingerprint density at radius 1 is 1.10 bits per heavy atom. The smallest absolute Gasteiger partial charge is 0.131 e. The van der Waals surface area contributed by atoms with Gasteiger partial charge in [0.25, 0.3) is 0 Å². The van der Waals surface area contributed by atoms with E-state index in [-0.39, 0.29) is 5.82 Å². The van der Waals surface area contributed by atoms with Crippen molar-refractivity contribution in [3.8, 4) is 5.75 Å². The van der Waals surface area contributed by atoms with Crippen molar-refractivity contribution in [2.75, 3.05) is 19.4 Å². The van der Waals surface area contributed by atoms with Crippen molar-refractivity contribution < 1.29 is 9.13 Å². The number of nitrogen functional groups attached to an aromatic ring is 1. The SMILES string of the molecule is CCN(Cc1ccc(N)cc1)Cc1ccc(OC)cc1F. The molecule has 0 bridgehead atoms. The maximum Gasteiger partial charge on any atom is 0.131 e. The lowest BCUT2D eigenvalue weighted by molar-refractivity contribution is 0.267. The molecule has 0 spiro atoms. The largest absolute Gasteiger partial charge is 0.497 e. The first-order chi connectivity index (χ1) is 10.1. The second kappa shape index (κ2) is 7.09. The average molecular weight is 288 g/mol. The summed E-state index contributed by atoms with van der Waals surface area (Å²) in [5.41, 5.74) is 8.28. The van der Waals surface area contributed by atoms with E-state index in [9.17, 15) is 4.39 Å². The maximum absolute atomic E-state index is 14.0. The van der Waals surface area contributed by atoms with Crippen molar-refractivity contribution in [1.82, 2.24) is 4.90 Å². The number of ether oxygens (including phenoxy) is 1. The highest BCUT2D eigenvalue weighted by Gasteiger charge is 2.09. The van der Waals surface area contributed by atoms with Crippen LogP contribution in [0.2, 0.25) is 0 Å². The molecule has 21 heavy (non-hydrogen) atoms. The van der Waals surface area contributed by atoms with Gasteiger partial charge in [-0.15, -0.1) is 0 Å². The van der Waals surface area contributed by atoms with Gasteiger partial charge in [0.1, 0.15) is 11.6 Å². The van der Waals surface area contributed by atoms with Gasteiger partial charge < -0.3 is 10.5 Å². The fourth-order valence-corrected chi connectivity index (χ4v) is 2.18. The number of nitrogens with two attached hydrogens (primary N) is 1. The molecule has 0 aliphatic heterocycles. The molecule has 0 atom stereocenters. The molecule has 4 heteroatoms. The number of methoxy groups -OCH3 is 1. The van der Waals surface area contributed by atoms with E-state index < -0.39 is 0 Å². The van der Waals surface area contributed by atoms with Crippen molar-refractivity contribution in [3.63, 3.8) is 0 Å². The Bertz CT molecular complexity index is 584. The van der Waals surface area contributed by atoms with Gasteiger partial charge in [-0.3, -0.25) is 4.90 Å². The normalized spacial score (nSPS) is 10.9. The van der Waals surface area contributed by atoms with Crippen LogP contribution in [0.25, 0.3) is 0 Å². The fraction of sp³-hybridized carbons (Fsp3) is 0.294. The molecular formula is C17H21FN2O. The van der Waals surface area contributed by atoms with Gasteiger partial charge in [-0.05, 0) is 30.3 Å². The molecule has 0 aliphatic carbocycles. The van der Waals surface area contributed by atoms with Crippen LogP contribution in [-0.2, 0) is 13.1 Å². The van der Waals surface area contributed by atoms with E-state index in [2.05, 4.69) is 11.8 Å². The Hall–Kier alpha value is -2.07. The van der Waals surface area contributed by atoms with Crippen LogP contribution in [-0.4, -0.2) is 18.6 Å². The monoisotopic (exact) mass is 288 g/mol. The lowest BCUT2D eigenvalue weighted by Crippen LogP contribution is -2.22. The minimum Gasteiger partial charge on any atom is -0.497 e. The summed E-state index contributed by atoms with van der Waals surface area (Å²) in [7, 11) is 1.54. The third-order valence-electron chi connectivity index (χ3n) is 3.49. The topological polar surface area (TPSA) is 38.5 Å². The number of anilines is 1. The van der Waals surface area contributed by atoms with E-state index >= 15 is 0 Å². The van der Waals surface area contributed by atoms with E-state index in [0.29, 0.717) is 17.9 Å². The number of hydrogen-bond donors (Lipinski definition) is 1. The quantitative estimate of drug-likeness (QED) is 0.828. The molecule has 2 aromatic rings. The molecule has 0 saturated heterocycles. The predicted molar refractivity (Wildman–Crippen MR) is 83.6 cm³/mol. The zero-order valence-electron chi connectivity index (χ0n) is 12.5. The number of hydrogen-bond acceptors (Lipinski definition) is 3. The van der Waals surface area contributed by atoms with Gasteiger partial charge in [0, 0.05) is 30.4 Å². The molecule has 2 aromatic carbocycles. The van der Waals surface area contributed by atoms with Crippen LogP contribution in [0.15, 0.2) is 42.5 Å². The van der Waals surface area contributed by atoms with Gasteiger partial charge in [0.05, 0.1) is 7.11 Å². The second-order valence-corrected chi connectivity index (χ2v) is 5.00. The van der Waals surface area contributed by atoms with Crippen molar-refractivity contribution in [1.29, 1.82) is 0 Å². The number of rotatable bonds is 6. The van der Waals surface area contributed by atoms with Gasteiger partial charge in [0.2, 0.25) is 0 Å². The van der Waals surface area contributed by atoms with Crippen LogP contribution in [0.4, 0.5) is 10.1 Å². The Morgan fingerprint density at radius 3 is 2.38 bits per heavy atom. The number of nitrogens with zero attached hydrogens (tertiary/aromatic N) is 1. The zero-order chi connectivity index (χ0) is 15.2. The van der Waals surface area contributed by atoms with E-state index in [0.717, 1.165) is 18.8 Å². The highest BCUT2D eigenvalue weighted by atomic mass is 19.1. The summed E-state index contributed by atoms with van der Waals surface area (Å²) >= 11 is 0. The van der Waals surface area contributed by atoms with Crippen LogP contribution in [0.3, 0.4) is 0 Å². The van der Waals surface area contributed by atoms with Gasteiger partial charge in [0.15, 0.2) is 0 Å². The molecule has 0 aliphatic rings. The molecule has 3 nitrogen and oxygen atoms in total. The van der Waals surface area contributed by atoms with E-state index in [1.165, 1.54) is 18.7 Å². The first-order valence-electron chi connectivity index (χ1n) is 7.01. The molecular weight excluding hydrogens is 267 g/mol. The highest BCUT2D eigenvalue weighted by molar-refractivity contribution is 5.39. The molecule has 2 N–H and O–H groups in total. The Morgan fingerprint density at radius 2 is 1.81 bits per heavy atom. The van der Waals surface area contributed by atoms with Crippen LogP contribution in [0, 0.1) is 5.82 Å². The van der Waals surface area contributed by atoms with Crippen LogP contribution in [0.5, 0.6) is 5.75 Å². The molecule has 0 amide bonds.